The van der Waals surface area contributed by atoms with Crippen LogP contribution >= 0.6 is 0 Å². The first-order valence-corrected chi connectivity index (χ1v) is 7.18. The van der Waals surface area contributed by atoms with Crippen molar-refractivity contribution >= 4 is 16.8 Å². The summed E-state index contributed by atoms with van der Waals surface area (Å²) in [6.45, 7) is 0.795. The molecule has 1 aromatic heterocycles. The van der Waals surface area contributed by atoms with Crippen LogP contribution in [0.15, 0.2) is 30.5 Å². The zero-order valence-electron chi connectivity index (χ0n) is 11.7. The first-order chi connectivity index (χ1) is 9.72. The lowest BCUT2D eigenvalue weighted by Gasteiger charge is -2.34. The van der Waals surface area contributed by atoms with E-state index in [9.17, 15) is 9.90 Å². The largest absolute Gasteiger partial charge is 0.394 e. The van der Waals surface area contributed by atoms with E-state index in [0.717, 1.165) is 42.3 Å². The minimum absolute atomic E-state index is 0.0322. The number of carbonyl (C=O) groups is 1. The van der Waals surface area contributed by atoms with Gasteiger partial charge >= 0.3 is 0 Å². The summed E-state index contributed by atoms with van der Waals surface area (Å²) >= 11 is 0. The Labute approximate surface area is 118 Å². The van der Waals surface area contributed by atoms with Gasteiger partial charge in [-0.2, -0.15) is 0 Å². The Balaban J connectivity index is 1.99. The molecule has 1 saturated heterocycles. The van der Waals surface area contributed by atoms with E-state index in [1.54, 1.807) is 0 Å². The number of hydrogen-bond acceptors (Lipinski definition) is 2. The Morgan fingerprint density at radius 2 is 2.20 bits per heavy atom. The van der Waals surface area contributed by atoms with Crippen molar-refractivity contribution in [3.05, 3.63) is 36.0 Å². The van der Waals surface area contributed by atoms with Gasteiger partial charge in [-0.05, 0) is 37.5 Å². The van der Waals surface area contributed by atoms with Gasteiger partial charge < -0.3 is 14.6 Å². The van der Waals surface area contributed by atoms with Crippen LogP contribution < -0.4 is 0 Å². The van der Waals surface area contributed by atoms with Crippen LogP contribution in [0.1, 0.15) is 29.6 Å². The van der Waals surface area contributed by atoms with Gasteiger partial charge in [-0.3, -0.25) is 4.79 Å². The van der Waals surface area contributed by atoms with Gasteiger partial charge in [-0.1, -0.05) is 6.07 Å². The zero-order valence-corrected chi connectivity index (χ0v) is 11.7. The molecular formula is C16H20N2O2. The van der Waals surface area contributed by atoms with Crippen molar-refractivity contribution < 1.29 is 9.90 Å². The maximum Gasteiger partial charge on any atom is 0.254 e. The number of carbonyl (C=O) groups excluding carboxylic acids is 1. The maximum atomic E-state index is 12.8. The third-order valence-corrected chi connectivity index (χ3v) is 4.26. The second-order valence-electron chi connectivity index (χ2n) is 5.50. The van der Waals surface area contributed by atoms with Crippen LogP contribution in [0.25, 0.3) is 10.9 Å². The number of aliphatic hydroxyl groups excluding tert-OH is 1. The van der Waals surface area contributed by atoms with Crippen molar-refractivity contribution in [3.8, 4) is 0 Å². The highest BCUT2D eigenvalue weighted by Gasteiger charge is 2.27. The fourth-order valence-electron chi connectivity index (χ4n) is 3.10. The van der Waals surface area contributed by atoms with Gasteiger partial charge in [-0.15, -0.1) is 0 Å². The van der Waals surface area contributed by atoms with Crippen molar-refractivity contribution in [2.45, 2.75) is 25.3 Å². The number of nitrogens with zero attached hydrogens (tertiary/aromatic N) is 2. The van der Waals surface area contributed by atoms with Crippen LogP contribution in [0, 0.1) is 0 Å². The van der Waals surface area contributed by atoms with Crippen LogP contribution in [-0.4, -0.2) is 39.7 Å². The summed E-state index contributed by atoms with van der Waals surface area (Å²) in [6.07, 6.45) is 4.98. The number of aliphatic hydroxyl groups is 1. The molecule has 1 amide bonds. The molecule has 1 fully saturated rings. The van der Waals surface area contributed by atoms with Crippen molar-refractivity contribution in [3.63, 3.8) is 0 Å². The first-order valence-electron chi connectivity index (χ1n) is 7.18. The van der Waals surface area contributed by atoms with Crippen molar-refractivity contribution in [1.29, 1.82) is 0 Å². The highest BCUT2D eigenvalue weighted by atomic mass is 16.3. The maximum absolute atomic E-state index is 12.8. The molecule has 1 unspecified atom stereocenters. The zero-order chi connectivity index (χ0) is 14.1. The molecule has 1 atom stereocenters. The van der Waals surface area contributed by atoms with E-state index in [1.165, 1.54) is 0 Å². The highest BCUT2D eigenvalue weighted by molar-refractivity contribution is 6.06. The van der Waals surface area contributed by atoms with E-state index in [4.69, 9.17) is 0 Å². The molecule has 106 valence electrons. The van der Waals surface area contributed by atoms with E-state index in [2.05, 4.69) is 0 Å². The number of amides is 1. The fraction of sp³-hybridized carbons (Fsp3) is 0.438. The normalized spacial score (nSPS) is 19.5. The second-order valence-corrected chi connectivity index (χ2v) is 5.50. The number of benzene rings is 1. The molecule has 1 aromatic carbocycles. The Morgan fingerprint density at radius 3 is 3.00 bits per heavy atom. The van der Waals surface area contributed by atoms with Gasteiger partial charge in [0.05, 0.1) is 12.6 Å². The molecule has 0 radical (unpaired) electrons. The monoisotopic (exact) mass is 272 g/mol. The van der Waals surface area contributed by atoms with E-state index in [-0.39, 0.29) is 18.6 Å². The van der Waals surface area contributed by atoms with E-state index >= 15 is 0 Å². The SMILES string of the molecule is Cn1ccc2c(C(=O)N3CCCCC3CO)cccc21. The summed E-state index contributed by atoms with van der Waals surface area (Å²) in [5.74, 6) is 0.0422. The Kier molecular flexibility index (Phi) is 3.49. The molecule has 2 heterocycles. The van der Waals surface area contributed by atoms with E-state index < -0.39 is 0 Å². The number of rotatable bonds is 2. The van der Waals surface area contributed by atoms with Gasteiger partial charge in [-0.25, -0.2) is 0 Å². The number of likely N-dealkylation sites (tertiary alicyclic amines) is 1. The van der Waals surface area contributed by atoms with Gasteiger partial charge in [0.15, 0.2) is 0 Å². The van der Waals surface area contributed by atoms with Gasteiger partial charge in [0.2, 0.25) is 0 Å². The molecule has 0 bridgehead atoms. The molecule has 4 heteroatoms. The summed E-state index contributed by atoms with van der Waals surface area (Å²) < 4.78 is 2.02. The molecular weight excluding hydrogens is 252 g/mol. The van der Waals surface area contributed by atoms with Crippen molar-refractivity contribution in [2.75, 3.05) is 13.2 Å². The quantitative estimate of drug-likeness (QED) is 0.910. The van der Waals surface area contributed by atoms with Gasteiger partial charge in [0, 0.05) is 36.3 Å². The van der Waals surface area contributed by atoms with Crippen LogP contribution in [0.5, 0.6) is 0 Å². The number of aryl methyl sites for hydroxylation is 1. The second kappa shape index (κ2) is 5.29. The predicted molar refractivity (Wildman–Crippen MR) is 78.7 cm³/mol. The molecule has 4 nitrogen and oxygen atoms in total. The molecule has 1 N–H and O–H groups in total. The standard InChI is InChI=1S/C16H20N2O2/c1-17-10-8-13-14(6-4-7-15(13)17)16(20)18-9-3-2-5-12(18)11-19/h4,6-8,10,12,19H,2-3,5,9,11H2,1H3. The van der Waals surface area contributed by atoms with Crippen LogP contribution in [0.2, 0.25) is 0 Å². The predicted octanol–water partition coefficient (Wildman–Crippen LogP) is 2.17. The lowest BCUT2D eigenvalue weighted by molar-refractivity contribution is 0.0505. The lowest BCUT2D eigenvalue weighted by Crippen LogP contribution is -2.45. The fourth-order valence-corrected chi connectivity index (χ4v) is 3.10. The average molecular weight is 272 g/mol. The lowest BCUT2D eigenvalue weighted by atomic mass is 10.0. The summed E-state index contributed by atoms with van der Waals surface area (Å²) in [4.78, 5) is 14.6. The summed E-state index contributed by atoms with van der Waals surface area (Å²) in [7, 11) is 1.98. The number of hydrogen-bond donors (Lipinski definition) is 1. The van der Waals surface area contributed by atoms with Gasteiger partial charge in [0.1, 0.15) is 0 Å². The number of fused-ring (bicyclic) bond motifs is 1. The Hall–Kier alpha value is -1.81. The summed E-state index contributed by atoms with van der Waals surface area (Å²) in [5, 5.41) is 10.5. The van der Waals surface area contributed by atoms with Crippen LogP contribution in [-0.2, 0) is 7.05 Å². The molecule has 0 spiro atoms. The van der Waals surface area contributed by atoms with Crippen molar-refractivity contribution in [1.82, 2.24) is 9.47 Å². The molecule has 0 saturated carbocycles. The number of piperidine rings is 1. The molecule has 3 rings (SSSR count). The molecule has 0 aliphatic carbocycles. The van der Waals surface area contributed by atoms with Gasteiger partial charge in [0.25, 0.3) is 5.91 Å². The minimum Gasteiger partial charge on any atom is -0.394 e. The van der Waals surface area contributed by atoms with E-state index in [0.29, 0.717) is 0 Å². The first kappa shape index (κ1) is 13.2. The molecule has 20 heavy (non-hydrogen) atoms. The minimum atomic E-state index is -0.0322. The summed E-state index contributed by atoms with van der Waals surface area (Å²) in [6, 6.07) is 7.78. The van der Waals surface area contributed by atoms with Crippen LogP contribution in [0.3, 0.4) is 0 Å². The third-order valence-electron chi connectivity index (χ3n) is 4.26. The molecule has 1 aliphatic rings. The Morgan fingerprint density at radius 1 is 1.35 bits per heavy atom. The van der Waals surface area contributed by atoms with E-state index in [1.807, 2.05) is 47.0 Å². The van der Waals surface area contributed by atoms with Crippen LogP contribution in [0.4, 0.5) is 0 Å². The topological polar surface area (TPSA) is 45.5 Å². The number of aromatic nitrogens is 1. The smallest absolute Gasteiger partial charge is 0.254 e. The molecule has 2 aromatic rings. The Bertz CT molecular complexity index is 632. The highest BCUT2D eigenvalue weighted by Crippen LogP contribution is 2.24. The van der Waals surface area contributed by atoms with Crippen molar-refractivity contribution in [2.24, 2.45) is 7.05 Å². The summed E-state index contributed by atoms with van der Waals surface area (Å²) in [5.41, 5.74) is 1.80. The average Bonchev–Trinajstić information content (AvgIpc) is 2.88. The third kappa shape index (κ3) is 2.10. The molecule has 1 aliphatic heterocycles.